The van der Waals surface area contributed by atoms with E-state index in [0.717, 1.165) is 28.3 Å². The van der Waals surface area contributed by atoms with Crippen LogP contribution in [0.5, 0.6) is 5.75 Å². The Morgan fingerprint density at radius 2 is 1.74 bits per heavy atom. The number of benzene rings is 2. The molecule has 14 nitrogen and oxygen atoms in total. The molecule has 2 N–H and O–H groups in total. The third-order valence-corrected chi connectivity index (χ3v) is 9.15. The summed E-state index contributed by atoms with van der Waals surface area (Å²) < 4.78 is 42.4. The average molecular weight is 753 g/mol. The molecule has 278 valence electrons. The minimum atomic E-state index is -4.62. The maximum Gasteiger partial charge on any atom is 0.416 e. The molecule has 2 aromatic carbocycles. The molecule has 53 heavy (non-hydrogen) atoms. The second-order valence-electron chi connectivity index (χ2n) is 12.8. The van der Waals surface area contributed by atoms with E-state index in [1.807, 2.05) is 55.1 Å². The maximum absolute atomic E-state index is 14.3. The first-order valence-electron chi connectivity index (χ1n) is 16.6. The van der Waals surface area contributed by atoms with Gasteiger partial charge >= 0.3 is 6.18 Å². The number of piperazine rings is 1. The van der Waals surface area contributed by atoms with Gasteiger partial charge in [0.25, 0.3) is 11.5 Å². The van der Waals surface area contributed by atoms with E-state index in [1.165, 1.54) is 11.2 Å². The number of anilines is 2. The SMILES string of the molecule is CCc1c(N2CCN(C(=O)c3ncnc(C)c3O)CC2)c(=O)n2nc(-c3ccc(CN(C)C)cc3)nc2n1CC(=O)Nc1ccc(C(F)(F)F)cc1Cl. The van der Waals surface area contributed by atoms with Crippen molar-refractivity contribution >= 4 is 40.6 Å². The zero-order valence-corrected chi connectivity index (χ0v) is 30.0. The van der Waals surface area contributed by atoms with Crippen LogP contribution in [-0.2, 0) is 30.5 Å². The van der Waals surface area contributed by atoms with Crippen molar-refractivity contribution in [3.8, 4) is 17.1 Å². The van der Waals surface area contributed by atoms with Gasteiger partial charge < -0.3 is 29.7 Å². The third-order valence-electron chi connectivity index (χ3n) is 8.83. The molecule has 0 spiro atoms. The molecule has 0 atom stereocenters. The van der Waals surface area contributed by atoms with E-state index in [2.05, 4.69) is 20.4 Å². The first-order chi connectivity index (χ1) is 25.2. The van der Waals surface area contributed by atoms with Crippen molar-refractivity contribution in [3.05, 3.63) is 92.4 Å². The number of nitrogens with one attached hydrogen (secondary N) is 1. The minimum Gasteiger partial charge on any atom is -0.504 e. The number of nitrogens with zero attached hydrogens (tertiary/aromatic N) is 9. The molecule has 5 aromatic rings. The van der Waals surface area contributed by atoms with Gasteiger partial charge in [-0.05, 0) is 51.2 Å². The van der Waals surface area contributed by atoms with Gasteiger partial charge in [-0.1, -0.05) is 42.8 Å². The second kappa shape index (κ2) is 14.8. The van der Waals surface area contributed by atoms with Crippen LogP contribution in [0.25, 0.3) is 17.2 Å². The third kappa shape index (κ3) is 7.66. The molecule has 18 heteroatoms. The topological polar surface area (TPSA) is 154 Å². The van der Waals surface area contributed by atoms with Crippen LogP contribution in [0.4, 0.5) is 24.5 Å². The van der Waals surface area contributed by atoms with E-state index in [-0.39, 0.29) is 84.3 Å². The summed E-state index contributed by atoms with van der Waals surface area (Å²) in [6, 6.07) is 10.2. The van der Waals surface area contributed by atoms with E-state index >= 15 is 0 Å². The van der Waals surface area contributed by atoms with Gasteiger partial charge in [0.2, 0.25) is 11.7 Å². The van der Waals surface area contributed by atoms with Crippen LogP contribution < -0.4 is 15.8 Å². The number of hydrogen-bond acceptors (Lipinski definition) is 10. The lowest BCUT2D eigenvalue weighted by molar-refractivity contribution is -0.137. The number of aromatic nitrogens is 6. The highest BCUT2D eigenvalue weighted by molar-refractivity contribution is 6.33. The summed E-state index contributed by atoms with van der Waals surface area (Å²) in [6.07, 6.45) is -3.13. The van der Waals surface area contributed by atoms with Crippen LogP contribution in [0.2, 0.25) is 5.02 Å². The van der Waals surface area contributed by atoms with Crippen molar-refractivity contribution in [1.82, 2.24) is 38.9 Å². The van der Waals surface area contributed by atoms with Gasteiger partial charge in [0, 0.05) is 38.3 Å². The quantitative estimate of drug-likeness (QED) is 0.223. The summed E-state index contributed by atoms with van der Waals surface area (Å²) in [5.74, 6) is -1.09. The monoisotopic (exact) mass is 752 g/mol. The Kier molecular flexibility index (Phi) is 10.4. The van der Waals surface area contributed by atoms with E-state index in [0.29, 0.717) is 17.8 Å². The van der Waals surface area contributed by atoms with Crippen molar-refractivity contribution in [3.63, 3.8) is 0 Å². The molecule has 0 aliphatic carbocycles. The summed E-state index contributed by atoms with van der Waals surface area (Å²) in [4.78, 5) is 59.1. The summed E-state index contributed by atoms with van der Waals surface area (Å²) in [5.41, 5.74) is 1.09. The lowest BCUT2D eigenvalue weighted by Crippen LogP contribution is -2.51. The van der Waals surface area contributed by atoms with Crippen LogP contribution in [0.3, 0.4) is 0 Å². The van der Waals surface area contributed by atoms with Crippen molar-refractivity contribution in [2.45, 2.75) is 39.5 Å². The minimum absolute atomic E-state index is 0.0225. The number of fused-ring (bicyclic) bond motifs is 1. The fraction of sp³-hybridized carbons (Fsp3) is 0.343. The van der Waals surface area contributed by atoms with Gasteiger partial charge in [-0.2, -0.15) is 22.7 Å². The van der Waals surface area contributed by atoms with E-state index < -0.39 is 29.1 Å². The Labute approximate surface area is 306 Å². The molecular weight excluding hydrogens is 717 g/mol. The lowest BCUT2D eigenvalue weighted by atomic mass is 10.1. The zero-order valence-electron chi connectivity index (χ0n) is 29.3. The Balaban J connectivity index is 1.37. The Hall–Kier alpha value is -5.55. The fourth-order valence-corrected chi connectivity index (χ4v) is 6.44. The highest BCUT2D eigenvalue weighted by Crippen LogP contribution is 2.34. The molecule has 2 amide bonds. The predicted molar refractivity (Wildman–Crippen MR) is 191 cm³/mol. The average Bonchev–Trinajstić information content (AvgIpc) is 3.57. The molecule has 0 bridgehead atoms. The van der Waals surface area contributed by atoms with Crippen LogP contribution >= 0.6 is 11.6 Å². The highest BCUT2D eigenvalue weighted by atomic mass is 35.5. The van der Waals surface area contributed by atoms with Crippen LogP contribution in [0, 0.1) is 6.92 Å². The standard InChI is InChI=1S/C35H36ClF3N10O4/c1-5-26-29(46-12-14-47(15-13-46)32(52)28-30(51)20(2)40-19-41-28)33(53)49-34(43-31(44-49)22-8-6-21(7-9-22)17-45(3)4)48(26)18-27(50)42-25-11-10-23(16-24(25)36)35(37,38)39/h6-11,16,19,51H,5,12-15,17-18H2,1-4H3,(H,42,50). The molecule has 1 aliphatic rings. The second-order valence-corrected chi connectivity index (χ2v) is 13.2. The van der Waals surface area contributed by atoms with E-state index in [4.69, 9.17) is 16.6 Å². The van der Waals surface area contributed by atoms with Crippen molar-refractivity contribution < 1.29 is 27.9 Å². The largest absolute Gasteiger partial charge is 0.504 e. The zero-order chi connectivity index (χ0) is 38.2. The number of halogens is 4. The van der Waals surface area contributed by atoms with Crippen molar-refractivity contribution in [2.24, 2.45) is 0 Å². The highest BCUT2D eigenvalue weighted by Gasteiger charge is 2.32. The van der Waals surface area contributed by atoms with Gasteiger partial charge in [-0.25, -0.2) is 9.97 Å². The number of carbonyl (C=O) groups excluding carboxylic acids is 2. The molecule has 0 saturated carbocycles. The van der Waals surface area contributed by atoms with E-state index in [9.17, 15) is 32.7 Å². The van der Waals surface area contributed by atoms with Gasteiger partial charge in [-0.15, -0.1) is 5.10 Å². The molecule has 1 aliphatic heterocycles. The summed E-state index contributed by atoms with van der Waals surface area (Å²) in [6.45, 7) is 4.54. The summed E-state index contributed by atoms with van der Waals surface area (Å²) >= 11 is 6.14. The number of rotatable bonds is 9. The van der Waals surface area contributed by atoms with Gasteiger partial charge in [0.05, 0.1) is 27.7 Å². The molecule has 6 rings (SSSR count). The number of aromatic hydroxyl groups is 1. The smallest absolute Gasteiger partial charge is 0.416 e. The van der Waals surface area contributed by atoms with E-state index in [1.54, 1.807) is 11.5 Å². The van der Waals surface area contributed by atoms with Gasteiger partial charge in [0.1, 0.15) is 18.6 Å². The van der Waals surface area contributed by atoms with Gasteiger partial charge in [-0.3, -0.25) is 14.4 Å². The number of amides is 2. The number of hydrogen-bond donors (Lipinski definition) is 2. The Morgan fingerprint density at radius 1 is 1.04 bits per heavy atom. The first kappa shape index (κ1) is 37.2. The first-order valence-corrected chi connectivity index (χ1v) is 17.0. The van der Waals surface area contributed by atoms with Crippen molar-refractivity contribution in [1.29, 1.82) is 0 Å². The molecule has 3 aromatic heterocycles. The van der Waals surface area contributed by atoms with Crippen LogP contribution in [-0.4, -0.2) is 96.1 Å². The molecule has 0 unspecified atom stereocenters. The van der Waals surface area contributed by atoms with Crippen molar-refractivity contribution in [2.75, 3.05) is 50.5 Å². The summed E-state index contributed by atoms with van der Waals surface area (Å²) in [7, 11) is 3.91. The number of aryl methyl sites for hydroxylation is 1. The van der Waals surface area contributed by atoms with Gasteiger partial charge in [0.15, 0.2) is 17.3 Å². The summed E-state index contributed by atoms with van der Waals surface area (Å²) in [5, 5.41) is 17.3. The molecule has 4 heterocycles. The Morgan fingerprint density at radius 3 is 2.36 bits per heavy atom. The lowest BCUT2D eigenvalue weighted by Gasteiger charge is -2.36. The maximum atomic E-state index is 14.3. The number of alkyl halides is 3. The molecular formula is C35H36ClF3N10O4. The predicted octanol–water partition coefficient (Wildman–Crippen LogP) is 4.26. The van der Waals surface area contributed by atoms with Crippen LogP contribution in [0.15, 0.2) is 53.6 Å². The Bertz CT molecular complexity index is 2250. The number of carbonyl (C=O) groups is 2. The molecule has 0 radical (unpaired) electrons. The molecule has 1 fully saturated rings. The fourth-order valence-electron chi connectivity index (χ4n) is 6.21. The normalized spacial score (nSPS) is 13.6. The molecule has 1 saturated heterocycles. The van der Waals surface area contributed by atoms with Crippen LogP contribution in [0.1, 0.15) is 39.9 Å².